The molecular formula is C27H28N8. The fourth-order valence-corrected chi connectivity index (χ4v) is 5.21. The van der Waals surface area contributed by atoms with Gasteiger partial charge in [-0.3, -0.25) is 0 Å². The fraction of sp³-hybridized carbons (Fsp3) is 0.296. The number of hydrogen-bond donors (Lipinski definition) is 1. The van der Waals surface area contributed by atoms with Crippen LogP contribution < -0.4 is 4.90 Å². The second-order valence-corrected chi connectivity index (χ2v) is 9.23. The van der Waals surface area contributed by atoms with Crippen molar-refractivity contribution in [1.82, 2.24) is 35.2 Å². The Morgan fingerprint density at radius 3 is 2.57 bits per heavy atom. The summed E-state index contributed by atoms with van der Waals surface area (Å²) in [6, 6.07) is 17.5. The first kappa shape index (κ1) is 21.5. The lowest BCUT2D eigenvalue weighted by atomic mass is 10.0. The summed E-state index contributed by atoms with van der Waals surface area (Å²) in [6.45, 7) is 7.64. The van der Waals surface area contributed by atoms with E-state index in [1.165, 1.54) is 33.6 Å². The van der Waals surface area contributed by atoms with Crippen molar-refractivity contribution in [3.63, 3.8) is 0 Å². The number of para-hydroxylation sites is 1. The molecule has 0 bridgehead atoms. The minimum Gasteiger partial charge on any atom is -0.333 e. The van der Waals surface area contributed by atoms with Gasteiger partial charge in [-0.2, -0.15) is 5.21 Å². The van der Waals surface area contributed by atoms with Gasteiger partial charge in [-0.05, 0) is 67.1 Å². The van der Waals surface area contributed by atoms with Crippen LogP contribution >= 0.6 is 0 Å². The van der Waals surface area contributed by atoms with Gasteiger partial charge in [0.15, 0.2) is 11.5 Å². The number of anilines is 2. The largest absolute Gasteiger partial charge is 0.333 e. The van der Waals surface area contributed by atoms with E-state index in [0.717, 1.165) is 48.5 Å². The van der Waals surface area contributed by atoms with Crippen LogP contribution in [0.25, 0.3) is 11.2 Å². The molecule has 0 atom stereocenters. The van der Waals surface area contributed by atoms with Gasteiger partial charge in [0, 0.05) is 23.5 Å². The van der Waals surface area contributed by atoms with E-state index in [1.807, 2.05) is 6.92 Å². The summed E-state index contributed by atoms with van der Waals surface area (Å²) in [5.74, 6) is 1.74. The molecule has 0 unspecified atom stereocenters. The highest BCUT2D eigenvalue weighted by molar-refractivity contribution is 5.76. The molecular weight excluding hydrogens is 436 g/mol. The molecule has 2 aromatic carbocycles. The van der Waals surface area contributed by atoms with Gasteiger partial charge in [0.25, 0.3) is 0 Å². The topological polar surface area (TPSA) is 88.4 Å². The zero-order valence-corrected chi connectivity index (χ0v) is 20.3. The smallest absolute Gasteiger partial charge is 0.194 e. The summed E-state index contributed by atoms with van der Waals surface area (Å²) in [5.41, 5.74) is 10.5. The van der Waals surface area contributed by atoms with E-state index in [0.29, 0.717) is 12.4 Å². The van der Waals surface area contributed by atoms with Crippen LogP contribution in [0.3, 0.4) is 0 Å². The number of aryl methyl sites for hydroxylation is 5. The number of imidazole rings is 1. The quantitative estimate of drug-likeness (QED) is 0.409. The fourth-order valence-electron chi connectivity index (χ4n) is 5.21. The Labute approximate surface area is 204 Å². The van der Waals surface area contributed by atoms with Crippen LogP contribution in [0.5, 0.6) is 0 Å². The zero-order chi connectivity index (χ0) is 23.9. The van der Waals surface area contributed by atoms with Crippen molar-refractivity contribution >= 4 is 22.5 Å². The van der Waals surface area contributed by atoms with Gasteiger partial charge in [-0.25, -0.2) is 9.97 Å². The average molecular weight is 465 g/mol. The highest BCUT2D eigenvalue weighted by atomic mass is 15.5. The molecule has 8 heteroatoms. The standard InChI is InChI=1S/C27H28N8/c1-4-25-29-26-17(2)13-18(3)28-27(26)35(25)15-19-9-12-23-21(14-19)11-10-20-7-5-6-8-22(20)34(23)16-24-30-32-33-31-24/h5-9,12-14H,4,10-11,15-16H2,1-3H3,(H,30,31,32,33). The molecule has 1 N–H and O–H groups in total. The number of aromatic amines is 1. The Hall–Kier alpha value is -4.07. The number of H-pyrrole nitrogens is 1. The van der Waals surface area contributed by atoms with E-state index in [4.69, 9.17) is 9.97 Å². The third-order valence-electron chi connectivity index (χ3n) is 6.83. The lowest BCUT2D eigenvalue weighted by molar-refractivity contribution is 0.744. The monoisotopic (exact) mass is 464 g/mol. The molecule has 5 aromatic rings. The first-order valence-electron chi connectivity index (χ1n) is 12.1. The second kappa shape index (κ2) is 8.61. The van der Waals surface area contributed by atoms with Gasteiger partial charge in [0.1, 0.15) is 11.3 Å². The highest BCUT2D eigenvalue weighted by Crippen LogP contribution is 2.37. The molecule has 176 valence electrons. The van der Waals surface area contributed by atoms with Crippen LogP contribution in [0, 0.1) is 13.8 Å². The minimum atomic E-state index is 0.564. The van der Waals surface area contributed by atoms with Gasteiger partial charge in [-0.1, -0.05) is 42.5 Å². The number of pyridine rings is 1. The predicted molar refractivity (Wildman–Crippen MR) is 136 cm³/mol. The van der Waals surface area contributed by atoms with Gasteiger partial charge in [-0.15, -0.1) is 10.2 Å². The van der Waals surface area contributed by atoms with Crippen molar-refractivity contribution in [3.8, 4) is 0 Å². The van der Waals surface area contributed by atoms with Crippen LogP contribution in [0.15, 0.2) is 48.5 Å². The lowest BCUT2D eigenvalue weighted by Gasteiger charge is -2.26. The zero-order valence-electron chi connectivity index (χ0n) is 20.3. The number of benzene rings is 2. The van der Waals surface area contributed by atoms with Crippen molar-refractivity contribution in [2.24, 2.45) is 0 Å². The van der Waals surface area contributed by atoms with Gasteiger partial charge >= 0.3 is 0 Å². The number of nitrogens with zero attached hydrogens (tertiary/aromatic N) is 7. The molecule has 0 saturated carbocycles. The maximum atomic E-state index is 4.92. The van der Waals surface area contributed by atoms with E-state index in [9.17, 15) is 0 Å². The first-order valence-corrected chi connectivity index (χ1v) is 12.1. The van der Waals surface area contributed by atoms with Crippen molar-refractivity contribution < 1.29 is 0 Å². The van der Waals surface area contributed by atoms with Crippen LogP contribution in [0.4, 0.5) is 11.4 Å². The normalized spacial score (nSPS) is 13.1. The van der Waals surface area contributed by atoms with Crippen LogP contribution in [0.2, 0.25) is 0 Å². The number of nitrogens with one attached hydrogen (secondary N) is 1. The molecule has 0 amide bonds. The van der Waals surface area contributed by atoms with Crippen molar-refractivity contribution in [3.05, 3.63) is 88.1 Å². The Kier molecular flexibility index (Phi) is 5.28. The minimum absolute atomic E-state index is 0.564. The molecule has 6 rings (SSSR count). The van der Waals surface area contributed by atoms with Crippen molar-refractivity contribution in [1.29, 1.82) is 0 Å². The molecule has 1 aliphatic rings. The summed E-state index contributed by atoms with van der Waals surface area (Å²) < 4.78 is 2.28. The van der Waals surface area contributed by atoms with Gasteiger partial charge in [0.05, 0.1) is 13.1 Å². The van der Waals surface area contributed by atoms with Crippen LogP contribution in [-0.2, 0) is 32.4 Å². The number of hydrogen-bond acceptors (Lipinski definition) is 6. The van der Waals surface area contributed by atoms with Gasteiger partial charge < -0.3 is 9.47 Å². The van der Waals surface area contributed by atoms with Crippen LogP contribution in [-0.4, -0.2) is 35.2 Å². The maximum Gasteiger partial charge on any atom is 0.194 e. The molecule has 0 aliphatic carbocycles. The molecule has 1 aliphatic heterocycles. The number of aromatic nitrogens is 7. The van der Waals surface area contributed by atoms with E-state index >= 15 is 0 Å². The highest BCUT2D eigenvalue weighted by Gasteiger charge is 2.23. The van der Waals surface area contributed by atoms with E-state index < -0.39 is 0 Å². The molecule has 0 fully saturated rings. The maximum absolute atomic E-state index is 4.92. The summed E-state index contributed by atoms with van der Waals surface area (Å²) in [4.78, 5) is 12.1. The van der Waals surface area contributed by atoms with Crippen LogP contribution in [0.1, 0.15) is 46.5 Å². The lowest BCUT2D eigenvalue weighted by Crippen LogP contribution is -2.19. The first-order chi connectivity index (χ1) is 17.1. The molecule has 3 aromatic heterocycles. The molecule has 8 nitrogen and oxygen atoms in total. The Bertz CT molecular complexity index is 1520. The Morgan fingerprint density at radius 2 is 1.74 bits per heavy atom. The molecule has 0 saturated heterocycles. The Balaban J connectivity index is 1.41. The predicted octanol–water partition coefficient (Wildman–Crippen LogP) is 4.61. The van der Waals surface area contributed by atoms with Crippen molar-refractivity contribution in [2.75, 3.05) is 4.90 Å². The molecule has 4 heterocycles. The van der Waals surface area contributed by atoms with E-state index in [2.05, 4.69) is 92.5 Å². The second-order valence-electron chi connectivity index (χ2n) is 9.23. The van der Waals surface area contributed by atoms with Crippen molar-refractivity contribution in [2.45, 2.75) is 53.1 Å². The summed E-state index contributed by atoms with van der Waals surface area (Å²) in [6.07, 6.45) is 2.84. The SMILES string of the molecule is CCc1nc2c(C)cc(C)nc2n1Cc1ccc2c(c1)CCc1ccccc1N2Cc1nn[nH]n1. The third kappa shape index (κ3) is 3.84. The summed E-state index contributed by atoms with van der Waals surface area (Å²) >= 11 is 0. The Morgan fingerprint density at radius 1 is 0.914 bits per heavy atom. The molecule has 35 heavy (non-hydrogen) atoms. The summed E-state index contributed by atoms with van der Waals surface area (Å²) in [7, 11) is 0. The van der Waals surface area contributed by atoms with E-state index in [-0.39, 0.29) is 0 Å². The van der Waals surface area contributed by atoms with E-state index in [1.54, 1.807) is 0 Å². The third-order valence-corrected chi connectivity index (χ3v) is 6.83. The number of fused-ring (bicyclic) bond motifs is 3. The summed E-state index contributed by atoms with van der Waals surface area (Å²) in [5, 5.41) is 14.8. The number of tetrazole rings is 1. The number of rotatable bonds is 5. The van der Waals surface area contributed by atoms with Gasteiger partial charge in [0.2, 0.25) is 0 Å². The molecule has 0 spiro atoms. The average Bonchev–Trinajstić information content (AvgIpc) is 3.46. The molecule has 0 radical (unpaired) electrons.